The maximum Gasteiger partial charge on any atom is 0.416 e. The Hall–Kier alpha value is -2.89. The first-order valence-electron chi connectivity index (χ1n) is 9.50. The molecule has 0 radical (unpaired) electrons. The molecule has 2 aromatic rings. The topological polar surface area (TPSA) is 57.3 Å². The zero-order valence-electron chi connectivity index (χ0n) is 16.4. The molecule has 12 heteroatoms. The molecule has 2 N–H and O–H groups in total. The molecule has 172 valence electrons. The van der Waals surface area contributed by atoms with Gasteiger partial charge in [0.1, 0.15) is 0 Å². The predicted molar refractivity (Wildman–Crippen MR) is 109 cm³/mol. The van der Waals surface area contributed by atoms with Gasteiger partial charge in [0.25, 0.3) is 5.91 Å². The number of halogens is 6. The fourth-order valence-corrected chi connectivity index (χ4v) is 3.58. The molecule has 1 aromatic heterocycles. The highest BCUT2D eigenvalue weighted by molar-refractivity contribution is 7.80. The Morgan fingerprint density at radius 3 is 2.34 bits per heavy atom. The summed E-state index contributed by atoms with van der Waals surface area (Å²) >= 11 is 5.04. The van der Waals surface area contributed by atoms with Crippen LogP contribution in [0, 0.1) is 0 Å². The average Bonchev–Trinajstić information content (AvgIpc) is 3.19. The van der Waals surface area contributed by atoms with Crippen LogP contribution < -0.4 is 10.6 Å². The lowest BCUT2D eigenvalue weighted by Gasteiger charge is -2.25. The normalized spacial score (nSPS) is 16.7. The summed E-state index contributed by atoms with van der Waals surface area (Å²) in [6.45, 7) is 0.700. The Labute approximate surface area is 184 Å². The molecule has 0 spiro atoms. The highest BCUT2D eigenvalue weighted by atomic mass is 32.1. The molecular formula is C20H18F6N4OS. The number of hydrogen-bond donors (Lipinski definition) is 2. The van der Waals surface area contributed by atoms with Crippen LogP contribution in [-0.2, 0) is 12.4 Å². The van der Waals surface area contributed by atoms with Gasteiger partial charge in [-0.25, -0.2) is 0 Å². The third-order valence-electron chi connectivity index (χ3n) is 4.89. The molecule has 0 unspecified atom stereocenters. The molecule has 0 aliphatic carbocycles. The van der Waals surface area contributed by atoms with Gasteiger partial charge in [-0.15, -0.1) is 0 Å². The second-order valence-corrected chi connectivity index (χ2v) is 7.57. The van der Waals surface area contributed by atoms with Crippen LogP contribution in [0.1, 0.15) is 34.3 Å². The van der Waals surface area contributed by atoms with Crippen molar-refractivity contribution in [3.8, 4) is 0 Å². The lowest BCUT2D eigenvalue weighted by Crippen LogP contribution is -2.44. The lowest BCUT2D eigenvalue weighted by atomic mass is 10.1. The number of benzene rings is 1. The van der Waals surface area contributed by atoms with Gasteiger partial charge in [0.05, 0.1) is 16.7 Å². The molecule has 1 aromatic carbocycles. The summed E-state index contributed by atoms with van der Waals surface area (Å²) in [7, 11) is 0. The molecule has 2 heterocycles. The largest absolute Gasteiger partial charge is 0.416 e. The third kappa shape index (κ3) is 5.87. The monoisotopic (exact) mass is 476 g/mol. The lowest BCUT2D eigenvalue weighted by molar-refractivity contribution is -0.143. The first kappa shape index (κ1) is 23.8. The van der Waals surface area contributed by atoms with Crippen molar-refractivity contribution in [3.63, 3.8) is 0 Å². The van der Waals surface area contributed by atoms with E-state index in [1.807, 2.05) is 0 Å². The second-order valence-electron chi connectivity index (χ2n) is 7.17. The number of pyridine rings is 1. The van der Waals surface area contributed by atoms with Crippen LogP contribution >= 0.6 is 12.2 Å². The van der Waals surface area contributed by atoms with E-state index in [-0.39, 0.29) is 29.7 Å². The molecule has 1 atom stereocenters. The summed E-state index contributed by atoms with van der Waals surface area (Å²) < 4.78 is 78.0. The number of hydrogen-bond acceptors (Lipinski definition) is 3. The average molecular weight is 476 g/mol. The van der Waals surface area contributed by atoms with Gasteiger partial charge in [-0.05, 0) is 55.4 Å². The molecule has 1 amide bonds. The first-order chi connectivity index (χ1) is 14.9. The van der Waals surface area contributed by atoms with Crippen molar-refractivity contribution in [2.45, 2.75) is 31.2 Å². The van der Waals surface area contributed by atoms with Gasteiger partial charge < -0.3 is 15.5 Å². The molecule has 0 saturated carbocycles. The number of nitrogens with zero attached hydrogens (tertiary/aromatic N) is 2. The van der Waals surface area contributed by atoms with Crippen molar-refractivity contribution in [1.29, 1.82) is 0 Å². The van der Waals surface area contributed by atoms with E-state index in [2.05, 4.69) is 15.6 Å². The summed E-state index contributed by atoms with van der Waals surface area (Å²) in [6.07, 6.45) is -5.50. The summed E-state index contributed by atoms with van der Waals surface area (Å²) in [5.41, 5.74) is -2.91. The number of alkyl halides is 6. The van der Waals surface area contributed by atoms with Crippen molar-refractivity contribution >= 4 is 28.9 Å². The third-order valence-corrected chi connectivity index (χ3v) is 5.14. The number of likely N-dealkylation sites (tertiary alicyclic amines) is 1. The molecule has 3 rings (SSSR count). The van der Waals surface area contributed by atoms with Crippen LogP contribution in [0.5, 0.6) is 0 Å². The predicted octanol–water partition coefficient (Wildman–Crippen LogP) is 4.71. The van der Waals surface area contributed by atoms with E-state index < -0.39 is 29.2 Å². The fraction of sp³-hybridized carbons (Fsp3) is 0.350. The van der Waals surface area contributed by atoms with E-state index in [1.54, 1.807) is 23.2 Å². The van der Waals surface area contributed by atoms with E-state index in [0.29, 0.717) is 30.7 Å². The van der Waals surface area contributed by atoms with Crippen LogP contribution in [0.3, 0.4) is 0 Å². The molecule has 32 heavy (non-hydrogen) atoms. The van der Waals surface area contributed by atoms with Gasteiger partial charge >= 0.3 is 12.4 Å². The number of thiocarbonyl (C=S) groups is 1. The van der Waals surface area contributed by atoms with Gasteiger partial charge in [-0.3, -0.25) is 9.78 Å². The number of amides is 1. The summed E-state index contributed by atoms with van der Waals surface area (Å²) in [6, 6.07) is 4.18. The highest BCUT2D eigenvalue weighted by Crippen LogP contribution is 2.37. The van der Waals surface area contributed by atoms with Crippen molar-refractivity contribution in [3.05, 3.63) is 59.4 Å². The minimum absolute atomic E-state index is 0.0438. The Morgan fingerprint density at radius 2 is 1.78 bits per heavy atom. The van der Waals surface area contributed by atoms with Crippen molar-refractivity contribution < 1.29 is 31.1 Å². The number of anilines is 1. The molecular weight excluding hydrogens is 458 g/mol. The number of nitrogens with one attached hydrogen (secondary N) is 2. The van der Waals surface area contributed by atoms with E-state index in [1.165, 1.54) is 6.20 Å². The minimum Gasteiger partial charge on any atom is -0.360 e. The van der Waals surface area contributed by atoms with Gasteiger partial charge in [-0.1, -0.05) is 0 Å². The number of carbonyl (C=O) groups excluding carboxylic acids is 1. The molecule has 0 bridgehead atoms. The van der Waals surface area contributed by atoms with Gasteiger partial charge in [-0.2, -0.15) is 26.3 Å². The maximum atomic E-state index is 13.0. The Morgan fingerprint density at radius 1 is 1.12 bits per heavy atom. The van der Waals surface area contributed by atoms with Crippen LogP contribution in [0.4, 0.5) is 32.0 Å². The number of aromatic nitrogens is 1. The summed E-state index contributed by atoms with van der Waals surface area (Å²) in [4.78, 5) is 18.2. The Bertz CT molecular complexity index is 948. The molecule has 1 saturated heterocycles. The number of rotatable bonds is 4. The summed E-state index contributed by atoms with van der Waals surface area (Å²) in [5.74, 6) is -0.214. The Kier molecular flexibility index (Phi) is 6.91. The maximum absolute atomic E-state index is 13.0. The fourth-order valence-electron chi connectivity index (χ4n) is 3.38. The van der Waals surface area contributed by atoms with Crippen molar-refractivity contribution in [1.82, 2.24) is 15.2 Å². The smallest absolute Gasteiger partial charge is 0.360 e. The SMILES string of the molecule is O=C(c1cccnc1)N1CCC[C@H]1CNC(=S)Nc1cc(C(F)(F)F)cc(C(F)(F)F)c1. The van der Waals surface area contributed by atoms with Crippen molar-refractivity contribution in [2.24, 2.45) is 0 Å². The number of carbonyl (C=O) groups is 1. The molecule has 5 nitrogen and oxygen atoms in total. The Balaban J connectivity index is 1.66. The van der Waals surface area contributed by atoms with Gasteiger partial charge in [0.2, 0.25) is 0 Å². The zero-order chi connectivity index (χ0) is 23.5. The van der Waals surface area contributed by atoms with Crippen molar-refractivity contribution in [2.75, 3.05) is 18.4 Å². The quantitative estimate of drug-likeness (QED) is 0.495. The minimum atomic E-state index is -4.95. The molecule has 1 fully saturated rings. The van der Waals surface area contributed by atoms with Crippen LogP contribution in [-0.4, -0.2) is 40.0 Å². The van der Waals surface area contributed by atoms with Gasteiger partial charge in [0, 0.05) is 37.2 Å². The van der Waals surface area contributed by atoms with Crippen LogP contribution in [0.2, 0.25) is 0 Å². The standard InChI is InChI=1S/C20H18F6N4OS/c21-19(22,23)13-7-14(20(24,25)26)9-15(8-13)29-18(32)28-11-16-4-2-6-30(16)17(31)12-3-1-5-27-10-12/h1,3,5,7-10,16H,2,4,6,11H2,(H2,28,29,32)/t16-/m0/s1. The summed E-state index contributed by atoms with van der Waals surface area (Å²) in [5, 5.41) is 4.99. The van der Waals surface area contributed by atoms with E-state index in [9.17, 15) is 31.1 Å². The van der Waals surface area contributed by atoms with Crippen LogP contribution in [0.15, 0.2) is 42.7 Å². The van der Waals surface area contributed by atoms with E-state index >= 15 is 0 Å². The van der Waals surface area contributed by atoms with E-state index in [0.717, 1.165) is 6.42 Å². The molecule has 1 aliphatic heterocycles. The zero-order valence-corrected chi connectivity index (χ0v) is 17.2. The van der Waals surface area contributed by atoms with Crippen LogP contribution in [0.25, 0.3) is 0 Å². The van der Waals surface area contributed by atoms with Gasteiger partial charge in [0.15, 0.2) is 5.11 Å². The first-order valence-corrected chi connectivity index (χ1v) is 9.91. The molecule has 1 aliphatic rings. The highest BCUT2D eigenvalue weighted by Gasteiger charge is 2.37. The van der Waals surface area contributed by atoms with E-state index in [4.69, 9.17) is 12.2 Å². The second kappa shape index (κ2) is 9.31.